The highest BCUT2D eigenvalue weighted by Gasteiger charge is 2.77. The number of hydrogen-bond acceptors (Lipinski definition) is 14. The van der Waals surface area contributed by atoms with Crippen LogP contribution in [0, 0.1) is 16.7 Å². The minimum absolute atomic E-state index is 0.0424. The first-order valence-corrected chi connectivity index (χ1v) is 22.3. The van der Waals surface area contributed by atoms with Gasteiger partial charge in [-0.05, 0) is 75.4 Å². The van der Waals surface area contributed by atoms with E-state index in [0.29, 0.717) is 37.1 Å². The number of alkyl halides is 1. The zero-order valence-electron chi connectivity index (χ0n) is 37.5. The van der Waals surface area contributed by atoms with Gasteiger partial charge in [-0.15, -0.1) is 0 Å². The summed E-state index contributed by atoms with van der Waals surface area (Å²) in [5, 5.41) is 38.4. The summed E-state index contributed by atoms with van der Waals surface area (Å²) in [5.41, 5.74) is -7.23. The first kappa shape index (κ1) is 46.2. The molecule has 4 N–H and O–H groups in total. The van der Waals surface area contributed by atoms with E-state index in [-0.39, 0.29) is 30.4 Å². The van der Waals surface area contributed by atoms with Crippen LogP contribution in [-0.2, 0) is 38.0 Å². The third-order valence-corrected chi connectivity index (χ3v) is 15.5. The third-order valence-electron chi connectivity index (χ3n) is 15.5. The summed E-state index contributed by atoms with van der Waals surface area (Å²) in [6, 6.07) is 14.4. The van der Waals surface area contributed by atoms with E-state index >= 15 is 4.39 Å². The molecule has 0 unspecified atom stereocenters. The van der Waals surface area contributed by atoms with Gasteiger partial charge in [0.1, 0.15) is 36.2 Å². The van der Waals surface area contributed by atoms with Crippen LogP contribution >= 0.6 is 0 Å². The summed E-state index contributed by atoms with van der Waals surface area (Å²) in [6.07, 6.45) is -6.67. The van der Waals surface area contributed by atoms with Gasteiger partial charge in [0.25, 0.3) is 5.91 Å². The van der Waals surface area contributed by atoms with E-state index in [1.54, 1.807) is 69.3 Å². The maximum absolute atomic E-state index is 15.5. The van der Waals surface area contributed by atoms with E-state index in [2.05, 4.69) is 10.2 Å². The van der Waals surface area contributed by atoms with Crippen LogP contribution in [-0.4, -0.2) is 142 Å². The number of carbonyl (C=O) groups is 4. The molecule has 2 bridgehead atoms. The van der Waals surface area contributed by atoms with E-state index in [0.717, 1.165) is 20.3 Å². The summed E-state index contributed by atoms with van der Waals surface area (Å²) in [4.78, 5) is 57.4. The van der Waals surface area contributed by atoms with Crippen molar-refractivity contribution < 1.29 is 67.3 Å². The van der Waals surface area contributed by atoms with Crippen LogP contribution in [0.5, 0.6) is 0 Å². The minimum Gasteiger partial charge on any atom is -0.456 e. The van der Waals surface area contributed by atoms with Crippen molar-refractivity contribution in [1.29, 1.82) is 0 Å². The molecular formula is C48H61FN2O13. The maximum atomic E-state index is 15.5. The summed E-state index contributed by atoms with van der Waals surface area (Å²) in [5.74, 6) is -4.37. The van der Waals surface area contributed by atoms with Crippen LogP contribution in [0.4, 0.5) is 4.39 Å². The molecule has 2 saturated carbocycles. The topological polar surface area (TPSA) is 200 Å². The van der Waals surface area contributed by atoms with Crippen LogP contribution in [0.3, 0.4) is 0 Å². The van der Waals surface area contributed by atoms with Crippen LogP contribution in [0.15, 0.2) is 71.8 Å². The highest BCUT2D eigenvalue weighted by atomic mass is 19.1. The van der Waals surface area contributed by atoms with Gasteiger partial charge in [0.05, 0.1) is 36.8 Å². The molecule has 2 aromatic carbocycles. The number of amides is 1. The fraction of sp³-hybridized carbons (Fsp3) is 0.625. The number of hydrogen-bond donors (Lipinski definition) is 4. The van der Waals surface area contributed by atoms with E-state index < -0.39 is 113 Å². The van der Waals surface area contributed by atoms with E-state index in [1.165, 1.54) is 19.1 Å². The molecule has 3 heterocycles. The molecule has 16 heteroatoms. The first-order valence-electron chi connectivity index (χ1n) is 22.3. The zero-order chi connectivity index (χ0) is 46.1. The second-order valence-electron chi connectivity index (χ2n) is 19.6. The molecule has 0 aromatic heterocycles. The molecule has 348 valence electrons. The predicted octanol–water partition coefficient (Wildman–Crippen LogP) is 3.82. The van der Waals surface area contributed by atoms with Crippen molar-refractivity contribution in [2.75, 3.05) is 26.3 Å². The third kappa shape index (κ3) is 7.46. The van der Waals surface area contributed by atoms with Gasteiger partial charge in [0, 0.05) is 48.9 Å². The number of carbonyl (C=O) groups excluding carboxylic acids is 4. The number of ether oxygens (including phenoxy) is 6. The molecule has 0 spiro atoms. The lowest BCUT2D eigenvalue weighted by Gasteiger charge is -2.68. The molecule has 3 aliphatic carbocycles. The molecule has 64 heavy (non-hydrogen) atoms. The Morgan fingerprint density at radius 1 is 1.00 bits per heavy atom. The highest BCUT2D eigenvalue weighted by Crippen LogP contribution is 2.66. The fourth-order valence-corrected chi connectivity index (χ4v) is 11.8. The molecule has 0 radical (unpaired) electrons. The van der Waals surface area contributed by atoms with Crippen molar-refractivity contribution in [2.24, 2.45) is 16.7 Å². The monoisotopic (exact) mass is 892 g/mol. The molecule has 6 aliphatic rings. The average molecular weight is 893 g/mol. The Bertz CT molecular complexity index is 2150. The number of aliphatic hydroxyl groups excluding tert-OH is 1. The first-order chi connectivity index (χ1) is 30.2. The number of aliphatic hydroxyl groups is 3. The lowest BCUT2D eigenvalue weighted by molar-refractivity contribution is -0.345. The number of fused-ring (bicyclic) bond motifs is 8. The zero-order valence-corrected chi connectivity index (χ0v) is 37.5. The lowest BCUT2D eigenvalue weighted by atomic mass is 9.45. The second kappa shape index (κ2) is 16.9. The van der Waals surface area contributed by atoms with Gasteiger partial charge in [-0.25, -0.2) is 14.0 Å². The van der Waals surface area contributed by atoms with Crippen LogP contribution in [0.25, 0.3) is 0 Å². The van der Waals surface area contributed by atoms with E-state index in [9.17, 15) is 34.5 Å². The molecule has 3 saturated heterocycles. The fourth-order valence-electron chi connectivity index (χ4n) is 11.8. The van der Waals surface area contributed by atoms with Crippen LogP contribution < -0.4 is 5.32 Å². The molecule has 2 aromatic rings. The molecule has 1 amide bonds. The molecule has 15 nitrogen and oxygen atoms in total. The van der Waals surface area contributed by atoms with Gasteiger partial charge < -0.3 is 49.1 Å². The normalized spacial score (nSPS) is 37.0. The van der Waals surface area contributed by atoms with Crippen molar-refractivity contribution in [1.82, 2.24) is 10.2 Å². The van der Waals surface area contributed by atoms with Crippen molar-refractivity contribution >= 4 is 23.8 Å². The Balaban J connectivity index is 1.26. The maximum Gasteiger partial charge on any atom is 0.340 e. The van der Waals surface area contributed by atoms with Crippen molar-refractivity contribution in [3.8, 4) is 0 Å². The number of rotatable bonds is 12. The number of nitrogens with one attached hydrogen (secondary N) is 1. The minimum atomic E-state index is -2.64. The molecule has 3 aliphatic heterocycles. The van der Waals surface area contributed by atoms with Gasteiger partial charge in [-0.1, -0.05) is 57.2 Å². The molecular weight excluding hydrogens is 832 g/mol. The number of nitrogens with zero attached hydrogens (tertiary/aromatic N) is 1. The van der Waals surface area contributed by atoms with Gasteiger partial charge >= 0.3 is 17.9 Å². The summed E-state index contributed by atoms with van der Waals surface area (Å²) < 4.78 is 54.8. The predicted molar refractivity (Wildman–Crippen MR) is 226 cm³/mol. The number of halogens is 1. The molecule has 14 atom stereocenters. The second-order valence-corrected chi connectivity index (χ2v) is 19.6. The molecule has 8 rings (SSSR count). The Labute approximate surface area is 372 Å². The van der Waals surface area contributed by atoms with Crippen molar-refractivity contribution in [3.63, 3.8) is 0 Å². The van der Waals surface area contributed by atoms with Crippen LogP contribution in [0.2, 0.25) is 0 Å². The number of benzene rings is 2. The smallest absolute Gasteiger partial charge is 0.340 e. The van der Waals surface area contributed by atoms with Gasteiger partial charge in [0.2, 0.25) is 0 Å². The van der Waals surface area contributed by atoms with Gasteiger partial charge in [-0.2, -0.15) is 0 Å². The molecule has 5 fully saturated rings. The lowest BCUT2D eigenvalue weighted by Crippen LogP contribution is -2.79. The van der Waals surface area contributed by atoms with Gasteiger partial charge in [-0.3, -0.25) is 14.5 Å². The number of likely N-dealkylation sites (tertiary alicyclic amines) is 1. The van der Waals surface area contributed by atoms with Crippen LogP contribution in [0.1, 0.15) is 94.9 Å². The summed E-state index contributed by atoms with van der Waals surface area (Å²) in [6.45, 7) is 11.7. The van der Waals surface area contributed by atoms with Crippen molar-refractivity contribution in [2.45, 2.75) is 146 Å². The SMILES string of the molecule is CC(=O)O[C@@]12CO[C@@H]1CC[C@@]1(C)[C@@H]3O[C@H](CN4CC[C@H]4CO)O[C@@H]3C3=C(C)[C@@H](OC(=O)[C@](C)(O)[C@@H](NC(=O)c4ccccc4)[C@H](C)F)C[C@@](O)([C@@H](OC(=O)c4ccccc4)[C@@H]12)C3(C)C. The highest BCUT2D eigenvalue weighted by molar-refractivity contribution is 5.95. The van der Waals surface area contributed by atoms with Gasteiger partial charge in [0.15, 0.2) is 17.5 Å². The Morgan fingerprint density at radius 3 is 2.22 bits per heavy atom. The Kier molecular flexibility index (Phi) is 12.2. The standard InChI is InChI=1S/C48H61FN2O13/c1-26-32(60-43(56)46(7,57)38(27(2)49)50-41(54)29-14-10-8-11-15-29)22-48(58)40(63-42(55)30-16-12-9-13-17-30)37-45(6,20-18-33-47(37,25-59-33)64-28(3)53)39-36(35(26)44(48,4)5)61-34(62-39)23-51-21-19-31(51)24-52/h8-17,27,31-34,36-40,52,57-58H,18-25H2,1-7H3,(H,50,54)/t27-,31-,32-,33+,34+,36+,37-,38-,39+,40-,45+,46+,47-,48+/m0/s1. The number of esters is 3. The summed E-state index contributed by atoms with van der Waals surface area (Å²) >= 11 is 0. The Morgan fingerprint density at radius 2 is 1.66 bits per heavy atom. The largest absolute Gasteiger partial charge is 0.456 e. The Hall–Kier alpha value is -4.29. The average Bonchev–Trinajstić information content (AvgIpc) is 3.65. The quantitative estimate of drug-likeness (QED) is 0.136. The van der Waals surface area contributed by atoms with Crippen molar-refractivity contribution in [3.05, 3.63) is 82.9 Å². The summed E-state index contributed by atoms with van der Waals surface area (Å²) in [7, 11) is 0. The van der Waals surface area contributed by atoms with E-state index in [1.807, 2.05) is 6.92 Å². The van der Waals surface area contributed by atoms with E-state index in [4.69, 9.17) is 28.4 Å².